The lowest BCUT2D eigenvalue weighted by Crippen LogP contribution is -2.45. The molecule has 0 radical (unpaired) electrons. The molecule has 3 rings (SSSR count). The standard InChI is InChI=1S/C22H26N2O6S/c1-4-30-21(26)13-20-24(14-19(25)23-7-9-29-10-8-23)22(27)18(31-20)12-16-5-6-17(28-3)15(2)11-16/h5-6,11-13H,4,7-10,14H2,1-3H3/b18-12-,20-13-. The van der Waals surface area contributed by atoms with Crippen LogP contribution in [0.1, 0.15) is 18.1 Å². The van der Waals surface area contributed by atoms with Crippen molar-refractivity contribution in [1.29, 1.82) is 0 Å². The quantitative estimate of drug-likeness (QED) is 0.592. The first-order valence-electron chi connectivity index (χ1n) is 10.0. The Morgan fingerprint density at radius 3 is 2.65 bits per heavy atom. The molecule has 0 unspecified atom stereocenters. The first-order chi connectivity index (χ1) is 14.9. The second-order valence-electron chi connectivity index (χ2n) is 6.96. The van der Waals surface area contributed by atoms with Crippen molar-refractivity contribution in [2.45, 2.75) is 20.4 Å². The van der Waals surface area contributed by atoms with Gasteiger partial charge >= 0.3 is 5.97 Å². The van der Waals surface area contributed by atoms with Gasteiger partial charge in [-0.2, -0.15) is 0 Å². The molecule has 0 spiro atoms. The highest BCUT2D eigenvalue weighted by Gasteiger charge is 2.19. The number of esters is 1. The van der Waals surface area contributed by atoms with Gasteiger partial charge in [0.05, 0.1) is 37.5 Å². The van der Waals surface area contributed by atoms with Crippen molar-refractivity contribution < 1.29 is 23.8 Å². The van der Waals surface area contributed by atoms with E-state index in [1.807, 2.05) is 25.1 Å². The molecule has 1 fully saturated rings. The number of hydrogen-bond acceptors (Lipinski definition) is 7. The predicted molar refractivity (Wildman–Crippen MR) is 118 cm³/mol. The first kappa shape index (κ1) is 22.8. The average Bonchev–Trinajstić information content (AvgIpc) is 3.03. The molecule has 2 heterocycles. The van der Waals surface area contributed by atoms with Gasteiger partial charge in [-0.3, -0.25) is 14.2 Å². The summed E-state index contributed by atoms with van der Waals surface area (Å²) in [7, 11) is 1.60. The number of thiazole rings is 1. The fourth-order valence-electron chi connectivity index (χ4n) is 3.27. The first-order valence-corrected chi connectivity index (χ1v) is 10.8. The van der Waals surface area contributed by atoms with Gasteiger partial charge in [-0.25, -0.2) is 4.79 Å². The average molecular weight is 447 g/mol. The van der Waals surface area contributed by atoms with Crippen LogP contribution in [0.15, 0.2) is 23.0 Å². The van der Waals surface area contributed by atoms with Gasteiger partial charge in [0.15, 0.2) is 0 Å². The molecule has 0 N–H and O–H groups in total. The molecule has 2 aromatic rings. The molecule has 166 valence electrons. The molecule has 1 aliphatic rings. The number of aryl methyl sites for hydroxylation is 1. The minimum absolute atomic E-state index is 0.143. The summed E-state index contributed by atoms with van der Waals surface area (Å²) in [6.45, 7) is 5.63. The number of rotatable bonds is 6. The molecule has 9 heteroatoms. The highest BCUT2D eigenvalue weighted by molar-refractivity contribution is 7.07. The molecule has 1 aromatic heterocycles. The van der Waals surface area contributed by atoms with Crippen LogP contribution in [0.25, 0.3) is 12.2 Å². The normalized spacial score (nSPS) is 15.3. The van der Waals surface area contributed by atoms with Gasteiger partial charge < -0.3 is 19.1 Å². The highest BCUT2D eigenvalue weighted by atomic mass is 32.1. The number of carbonyl (C=O) groups excluding carboxylic acids is 2. The van der Waals surface area contributed by atoms with Crippen LogP contribution < -0.4 is 19.5 Å². The molecule has 0 saturated carbocycles. The van der Waals surface area contributed by atoms with E-state index in [0.29, 0.717) is 35.5 Å². The number of amides is 1. The predicted octanol–water partition coefficient (Wildman–Crippen LogP) is 0.258. The number of ether oxygens (including phenoxy) is 3. The molecular formula is C22H26N2O6S. The summed E-state index contributed by atoms with van der Waals surface area (Å²) in [5.74, 6) is 0.0184. The van der Waals surface area contributed by atoms with Gasteiger partial charge in [0.2, 0.25) is 5.91 Å². The van der Waals surface area contributed by atoms with E-state index in [1.165, 1.54) is 10.6 Å². The lowest BCUT2D eigenvalue weighted by Gasteiger charge is -2.26. The van der Waals surface area contributed by atoms with Crippen molar-refractivity contribution in [3.8, 4) is 5.75 Å². The molecule has 1 amide bonds. The number of aromatic nitrogens is 1. The SMILES string of the molecule is CCOC(=O)/C=c1\s/c(=C\c2ccc(OC)c(C)c2)c(=O)n1CC(=O)N1CCOCC1. The molecule has 8 nitrogen and oxygen atoms in total. The molecule has 1 aromatic carbocycles. The number of benzene rings is 1. The van der Waals surface area contributed by atoms with Crippen LogP contribution in [0, 0.1) is 6.92 Å². The maximum absolute atomic E-state index is 13.1. The maximum atomic E-state index is 13.1. The van der Waals surface area contributed by atoms with Gasteiger partial charge in [0, 0.05) is 13.1 Å². The third-order valence-corrected chi connectivity index (χ3v) is 5.90. The Labute approximate surface area is 184 Å². The van der Waals surface area contributed by atoms with Crippen molar-refractivity contribution in [1.82, 2.24) is 9.47 Å². The summed E-state index contributed by atoms with van der Waals surface area (Å²) in [4.78, 5) is 39.5. The maximum Gasteiger partial charge on any atom is 0.333 e. The largest absolute Gasteiger partial charge is 0.496 e. The van der Waals surface area contributed by atoms with Crippen LogP contribution >= 0.6 is 11.3 Å². The zero-order valence-electron chi connectivity index (χ0n) is 17.9. The van der Waals surface area contributed by atoms with E-state index in [-0.39, 0.29) is 24.6 Å². The number of morpholine rings is 1. The third-order valence-electron chi connectivity index (χ3n) is 4.84. The molecule has 0 aliphatic carbocycles. The Bertz CT molecular complexity index is 1130. The van der Waals surface area contributed by atoms with E-state index >= 15 is 0 Å². The van der Waals surface area contributed by atoms with Gasteiger partial charge in [0.25, 0.3) is 5.56 Å². The Balaban J connectivity index is 2.03. The summed E-state index contributed by atoms with van der Waals surface area (Å²) in [6.07, 6.45) is 3.01. The van der Waals surface area contributed by atoms with Gasteiger partial charge in [-0.1, -0.05) is 6.07 Å². The second-order valence-corrected chi connectivity index (χ2v) is 8.02. The van der Waals surface area contributed by atoms with E-state index in [9.17, 15) is 14.4 Å². The van der Waals surface area contributed by atoms with Crippen molar-refractivity contribution in [3.63, 3.8) is 0 Å². The fourth-order valence-corrected chi connectivity index (χ4v) is 4.30. The van der Waals surface area contributed by atoms with Crippen LogP contribution in [0.4, 0.5) is 0 Å². The van der Waals surface area contributed by atoms with E-state index in [2.05, 4.69) is 0 Å². The van der Waals surface area contributed by atoms with Crippen LogP contribution in [0.2, 0.25) is 0 Å². The number of methoxy groups -OCH3 is 1. The molecule has 1 saturated heterocycles. The van der Waals surface area contributed by atoms with Gasteiger partial charge in [-0.15, -0.1) is 11.3 Å². The fraction of sp³-hybridized carbons (Fsp3) is 0.409. The van der Waals surface area contributed by atoms with E-state index in [1.54, 1.807) is 25.0 Å². The topological polar surface area (TPSA) is 87.1 Å². The Hall–Kier alpha value is -2.91. The zero-order valence-corrected chi connectivity index (χ0v) is 18.7. The van der Waals surface area contributed by atoms with Gasteiger partial charge in [0.1, 0.15) is 17.0 Å². The van der Waals surface area contributed by atoms with Crippen molar-refractivity contribution in [3.05, 3.63) is 48.9 Å². The molecule has 0 bridgehead atoms. The third kappa shape index (κ3) is 5.62. The van der Waals surface area contributed by atoms with Crippen LogP contribution in [-0.2, 0) is 25.6 Å². The minimum atomic E-state index is -0.553. The number of nitrogens with zero attached hydrogens (tertiary/aromatic N) is 2. The monoisotopic (exact) mass is 446 g/mol. The zero-order chi connectivity index (χ0) is 22.4. The van der Waals surface area contributed by atoms with E-state index < -0.39 is 5.97 Å². The van der Waals surface area contributed by atoms with Crippen molar-refractivity contribution >= 4 is 35.4 Å². The molecule has 31 heavy (non-hydrogen) atoms. The van der Waals surface area contributed by atoms with Gasteiger partial charge in [-0.05, 0) is 43.2 Å². The summed E-state index contributed by atoms with van der Waals surface area (Å²) >= 11 is 1.15. The second kappa shape index (κ2) is 10.4. The molecular weight excluding hydrogens is 420 g/mol. The van der Waals surface area contributed by atoms with Crippen molar-refractivity contribution in [2.75, 3.05) is 40.0 Å². The van der Waals surface area contributed by atoms with Crippen LogP contribution in [0.3, 0.4) is 0 Å². The van der Waals surface area contributed by atoms with Crippen LogP contribution in [-0.4, -0.2) is 61.4 Å². The Kier molecular flexibility index (Phi) is 7.64. The summed E-state index contributed by atoms with van der Waals surface area (Å²) < 4.78 is 17.7. The number of carbonyl (C=O) groups is 2. The Morgan fingerprint density at radius 2 is 2.00 bits per heavy atom. The summed E-state index contributed by atoms with van der Waals surface area (Å²) in [5, 5.41) is 0. The molecule has 1 aliphatic heterocycles. The van der Waals surface area contributed by atoms with E-state index in [0.717, 1.165) is 28.2 Å². The molecule has 0 atom stereocenters. The van der Waals surface area contributed by atoms with Crippen LogP contribution in [0.5, 0.6) is 5.75 Å². The van der Waals surface area contributed by atoms with Crippen molar-refractivity contribution in [2.24, 2.45) is 0 Å². The lowest BCUT2D eigenvalue weighted by atomic mass is 10.1. The van der Waals surface area contributed by atoms with E-state index in [4.69, 9.17) is 14.2 Å². The lowest BCUT2D eigenvalue weighted by molar-refractivity contribution is -0.136. The number of hydrogen-bond donors (Lipinski definition) is 0. The Morgan fingerprint density at radius 1 is 1.26 bits per heavy atom. The highest BCUT2D eigenvalue weighted by Crippen LogP contribution is 2.18. The summed E-state index contributed by atoms with van der Waals surface area (Å²) in [6, 6.07) is 5.60. The smallest absolute Gasteiger partial charge is 0.333 e. The summed E-state index contributed by atoms with van der Waals surface area (Å²) in [5.41, 5.74) is 1.44. The minimum Gasteiger partial charge on any atom is -0.496 e.